The highest BCUT2D eigenvalue weighted by Crippen LogP contribution is 2.21. The second-order valence-corrected chi connectivity index (χ2v) is 4.20. The van der Waals surface area contributed by atoms with E-state index in [4.69, 9.17) is 4.74 Å². The number of ether oxygens (including phenoxy) is 1. The molecule has 3 heteroatoms. The summed E-state index contributed by atoms with van der Waals surface area (Å²) in [4.78, 5) is 0. The van der Waals surface area contributed by atoms with Crippen LogP contribution in [0.2, 0.25) is 0 Å². The summed E-state index contributed by atoms with van der Waals surface area (Å²) in [5.74, 6) is 0. The monoisotopic (exact) mass is 241 g/mol. The van der Waals surface area contributed by atoms with Crippen molar-refractivity contribution >= 4 is 21.6 Å². The maximum absolute atomic E-state index is 5.09. The number of rotatable bonds is 2. The summed E-state index contributed by atoms with van der Waals surface area (Å²) in [6.07, 6.45) is 0. The molecule has 0 atom stereocenters. The zero-order chi connectivity index (χ0) is 9.26. The van der Waals surface area contributed by atoms with Gasteiger partial charge in [0.25, 0.3) is 0 Å². The fourth-order valence-electron chi connectivity index (χ4n) is 1.24. The third-order valence-electron chi connectivity index (χ3n) is 2.18. The van der Waals surface area contributed by atoms with Crippen LogP contribution in [-0.2, 0) is 4.74 Å². The normalized spacial score (nSPS) is 16.8. The van der Waals surface area contributed by atoms with E-state index in [1.807, 2.05) is 0 Å². The van der Waals surface area contributed by atoms with E-state index in [1.165, 1.54) is 5.56 Å². The van der Waals surface area contributed by atoms with Gasteiger partial charge in [0, 0.05) is 10.2 Å². The zero-order valence-electron chi connectivity index (χ0n) is 7.51. The van der Waals surface area contributed by atoms with Crippen molar-refractivity contribution in [2.75, 3.05) is 18.5 Å². The Bertz CT molecular complexity index is 310. The van der Waals surface area contributed by atoms with Crippen LogP contribution < -0.4 is 5.32 Å². The first-order chi connectivity index (χ1) is 6.25. The Labute approximate surface area is 86.4 Å². The van der Waals surface area contributed by atoms with E-state index in [2.05, 4.69) is 46.4 Å². The average molecular weight is 242 g/mol. The van der Waals surface area contributed by atoms with Crippen LogP contribution in [0.15, 0.2) is 22.7 Å². The summed E-state index contributed by atoms with van der Waals surface area (Å²) in [5.41, 5.74) is 2.42. The molecule has 13 heavy (non-hydrogen) atoms. The Hall–Kier alpha value is -0.540. The summed E-state index contributed by atoms with van der Waals surface area (Å²) in [6.45, 7) is 3.73. The van der Waals surface area contributed by atoms with Crippen molar-refractivity contribution in [2.24, 2.45) is 0 Å². The first-order valence-corrected chi connectivity index (χ1v) is 5.15. The number of anilines is 1. The second kappa shape index (κ2) is 3.68. The van der Waals surface area contributed by atoms with Crippen LogP contribution in [-0.4, -0.2) is 19.3 Å². The van der Waals surface area contributed by atoms with Gasteiger partial charge < -0.3 is 10.1 Å². The standard InChI is InChI=1S/C10H12BrNO/c1-7-2-3-8(4-10(7)11)12-9-5-13-6-9/h2-4,9,12H,5-6H2,1H3. The molecule has 0 bridgehead atoms. The highest BCUT2D eigenvalue weighted by molar-refractivity contribution is 9.10. The van der Waals surface area contributed by atoms with Gasteiger partial charge >= 0.3 is 0 Å². The third kappa shape index (κ3) is 2.03. The molecule has 0 saturated carbocycles. The van der Waals surface area contributed by atoms with Crippen molar-refractivity contribution < 1.29 is 4.74 Å². The van der Waals surface area contributed by atoms with Crippen LogP contribution in [0.25, 0.3) is 0 Å². The van der Waals surface area contributed by atoms with E-state index in [9.17, 15) is 0 Å². The molecule has 1 aromatic rings. The average Bonchev–Trinajstić information content (AvgIpc) is 2.04. The minimum absolute atomic E-state index is 0.495. The largest absolute Gasteiger partial charge is 0.378 e. The molecule has 0 spiro atoms. The lowest BCUT2D eigenvalue weighted by Gasteiger charge is -2.27. The van der Waals surface area contributed by atoms with Crippen LogP contribution in [0.4, 0.5) is 5.69 Å². The van der Waals surface area contributed by atoms with Gasteiger partial charge in [0.2, 0.25) is 0 Å². The highest BCUT2D eigenvalue weighted by Gasteiger charge is 2.17. The lowest BCUT2D eigenvalue weighted by atomic mass is 10.2. The molecule has 1 saturated heterocycles. The van der Waals surface area contributed by atoms with E-state index < -0.39 is 0 Å². The highest BCUT2D eigenvalue weighted by atomic mass is 79.9. The smallest absolute Gasteiger partial charge is 0.0728 e. The van der Waals surface area contributed by atoms with Gasteiger partial charge in [-0.25, -0.2) is 0 Å². The summed E-state index contributed by atoms with van der Waals surface area (Å²) in [5, 5.41) is 3.39. The van der Waals surface area contributed by atoms with Crippen molar-refractivity contribution in [1.29, 1.82) is 0 Å². The molecular weight excluding hydrogens is 230 g/mol. The van der Waals surface area contributed by atoms with Crippen LogP contribution in [0.1, 0.15) is 5.56 Å². The maximum Gasteiger partial charge on any atom is 0.0728 e. The fraction of sp³-hybridized carbons (Fsp3) is 0.400. The first kappa shape index (κ1) is 9.03. The number of nitrogens with one attached hydrogen (secondary N) is 1. The topological polar surface area (TPSA) is 21.3 Å². The predicted molar refractivity (Wildman–Crippen MR) is 57.1 cm³/mol. The molecule has 1 heterocycles. The van der Waals surface area contributed by atoms with Crippen molar-refractivity contribution in [3.05, 3.63) is 28.2 Å². The summed E-state index contributed by atoms with van der Waals surface area (Å²) < 4.78 is 6.24. The molecule has 1 aliphatic rings. The Morgan fingerprint density at radius 1 is 1.46 bits per heavy atom. The molecule has 1 N–H and O–H groups in total. The Balaban J connectivity index is 2.07. The molecule has 70 valence electrons. The number of hydrogen-bond acceptors (Lipinski definition) is 2. The molecule has 0 unspecified atom stereocenters. The zero-order valence-corrected chi connectivity index (χ0v) is 9.10. The van der Waals surface area contributed by atoms with Crippen molar-refractivity contribution in [2.45, 2.75) is 13.0 Å². The van der Waals surface area contributed by atoms with Gasteiger partial charge in [0.1, 0.15) is 0 Å². The summed E-state index contributed by atoms with van der Waals surface area (Å²) >= 11 is 3.50. The Morgan fingerprint density at radius 2 is 2.23 bits per heavy atom. The van der Waals surface area contributed by atoms with Gasteiger partial charge in [0.15, 0.2) is 0 Å². The number of aryl methyl sites for hydroxylation is 1. The third-order valence-corrected chi connectivity index (χ3v) is 3.04. The predicted octanol–water partition coefficient (Wildman–Crippen LogP) is 2.57. The Morgan fingerprint density at radius 3 is 2.77 bits per heavy atom. The molecule has 0 amide bonds. The van der Waals surface area contributed by atoms with E-state index in [0.29, 0.717) is 6.04 Å². The maximum atomic E-state index is 5.09. The van der Waals surface area contributed by atoms with Crippen LogP contribution >= 0.6 is 15.9 Å². The molecule has 0 aliphatic carbocycles. The first-order valence-electron chi connectivity index (χ1n) is 4.36. The molecule has 1 fully saturated rings. The molecule has 2 rings (SSSR count). The quantitative estimate of drug-likeness (QED) is 0.860. The van der Waals surface area contributed by atoms with Gasteiger partial charge in [0.05, 0.1) is 19.3 Å². The fourth-order valence-corrected chi connectivity index (χ4v) is 1.62. The van der Waals surface area contributed by atoms with Crippen LogP contribution in [0, 0.1) is 6.92 Å². The molecule has 1 aromatic carbocycles. The lowest BCUT2D eigenvalue weighted by molar-refractivity contribution is 0.0211. The van der Waals surface area contributed by atoms with Crippen molar-refractivity contribution in [3.63, 3.8) is 0 Å². The number of benzene rings is 1. The Kier molecular flexibility index (Phi) is 2.56. The summed E-state index contributed by atoms with van der Waals surface area (Å²) in [6, 6.07) is 6.80. The number of halogens is 1. The van der Waals surface area contributed by atoms with Gasteiger partial charge in [-0.05, 0) is 24.6 Å². The minimum atomic E-state index is 0.495. The SMILES string of the molecule is Cc1ccc(NC2COC2)cc1Br. The van der Waals surface area contributed by atoms with Gasteiger partial charge in [-0.15, -0.1) is 0 Å². The summed E-state index contributed by atoms with van der Waals surface area (Å²) in [7, 11) is 0. The van der Waals surface area contributed by atoms with Crippen LogP contribution in [0.3, 0.4) is 0 Å². The van der Waals surface area contributed by atoms with Crippen LogP contribution in [0.5, 0.6) is 0 Å². The van der Waals surface area contributed by atoms with E-state index in [0.717, 1.165) is 23.4 Å². The van der Waals surface area contributed by atoms with E-state index in [1.54, 1.807) is 0 Å². The van der Waals surface area contributed by atoms with E-state index in [-0.39, 0.29) is 0 Å². The van der Waals surface area contributed by atoms with Gasteiger partial charge in [-0.1, -0.05) is 22.0 Å². The molecular formula is C10H12BrNO. The van der Waals surface area contributed by atoms with Gasteiger partial charge in [-0.3, -0.25) is 0 Å². The van der Waals surface area contributed by atoms with E-state index >= 15 is 0 Å². The lowest BCUT2D eigenvalue weighted by Crippen LogP contribution is -2.40. The second-order valence-electron chi connectivity index (χ2n) is 3.34. The van der Waals surface area contributed by atoms with Crippen molar-refractivity contribution in [1.82, 2.24) is 0 Å². The molecule has 0 radical (unpaired) electrons. The molecule has 0 aromatic heterocycles. The minimum Gasteiger partial charge on any atom is -0.378 e. The number of hydrogen-bond donors (Lipinski definition) is 1. The molecule has 2 nitrogen and oxygen atoms in total. The van der Waals surface area contributed by atoms with Gasteiger partial charge in [-0.2, -0.15) is 0 Å². The van der Waals surface area contributed by atoms with Crippen molar-refractivity contribution in [3.8, 4) is 0 Å². The molecule has 1 aliphatic heterocycles.